The van der Waals surface area contributed by atoms with Crippen LogP contribution in [-0.2, 0) is 39.3 Å². The van der Waals surface area contributed by atoms with E-state index in [2.05, 4.69) is 0 Å². The van der Waals surface area contributed by atoms with E-state index in [9.17, 15) is 27.6 Å². The van der Waals surface area contributed by atoms with Gasteiger partial charge in [-0.1, -0.05) is 35.9 Å². The Bertz CT molecular complexity index is 1620. The maximum absolute atomic E-state index is 14.8. The number of benzene rings is 2. The molecule has 3 aliphatic rings. The Hall–Kier alpha value is -3.99. The van der Waals surface area contributed by atoms with Crippen molar-refractivity contribution >= 4 is 40.0 Å². The molecule has 2 aliphatic heterocycles. The molecule has 2 heterocycles. The van der Waals surface area contributed by atoms with Gasteiger partial charge < -0.3 is 14.3 Å². The number of rotatable bonds is 6. The summed E-state index contributed by atoms with van der Waals surface area (Å²) in [4.78, 5) is 55.5. The molecule has 0 saturated carbocycles. The fourth-order valence-electron chi connectivity index (χ4n) is 6.74. The van der Waals surface area contributed by atoms with Crippen LogP contribution in [0.1, 0.15) is 58.1 Å². The summed E-state index contributed by atoms with van der Waals surface area (Å²) < 4.78 is 40.5. The van der Waals surface area contributed by atoms with Gasteiger partial charge in [0, 0.05) is 24.6 Å². The number of fused-ring (bicyclic) bond motifs is 2. The lowest BCUT2D eigenvalue weighted by Crippen LogP contribution is -2.58. The number of carbonyl (C=O) groups excluding carboxylic acids is 4. The summed E-state index contributed by atoms with van der Waals surface area (Å²) in [6.07, 6.45) is -0.203. The van der Waals surface area contributed by atoms with Crippen LogP contribution in [0.2, 0.25) is 0 Å². The fourth-order valence-corrected chi connectivity index (χ4v) is 8.32. The third kappa shape index (κ3) is 4.83. The van der Waals surface area contributed by atoms with E-state index in [-0.39, 0.29) is 36.6 Å². The third-order valence-corrected chi connectivity index (χ3v) is 10.2. The molecule has 0 N–H and O–H groups in total. The van der Waals surface area contributed by atoms with Crippen molar-refractivity contribution in [2.75, 3.05) is 18.1 Å². The first-order chi connectivity index (χ1) is 20.3. The number of allylic oxidation sites excluding steroid dienone is 1. The molecule has 1 aliphatic carbocycles. The maximum atomic E-state index is 14.8. The summed E-state index contributed by atoms with van der Waals surface area (Å²) in [5.74, 6) is -3.59. The second-order valence-corrected chi connectivity index (χ2v) is 14.0. The summed E-state index contributed by atoms with van der Waals surface area (Å²) in [5, 5.41) is 0. The fraction of sp³-hybridized carbons (Fsp3) is 0.438. The van der Waals surface area contributed by atoms with Crippen molar-refractivity contribution in [3.05, 3.63) is 70.9 Å². The van der Waals surface area contributed by atoms with Crippen LogP contribution in [-0.4, -0.2) is 55.7 Å². The van der Waals surface area contributed by atoms with Gasteiger partial charge in [0.25, 0.3) is 10.0 Å². The number of carbonyl (C=O) groups is 4. The Morgan fingerprint density at radius 3 is 2.40 bits per heavy atom. The van der Waals surface area contributed by atoms with Crippen LogP contribution in [0, 0.1) is 18.8 Å². The topological polar surface area (TPSA) is 127 Å². The highest BCUT2D eigenvalue weighted by Crippen LogP contribution is 2.60. The molecule has 5 rings (SSSR count). The molecule has 0 fully saturated rings. The lowest BCUT2D eigenvalue weighted by Gasteiger charge is -2.46. The largest absolute Gasteiger partial charge is 0.466 e. The number of hydrogen-bond acceptors (Lipinski definition) is 8. The van der Waals surface area contributed by atoms with Crippen LogP contribution in [0.3, 0.4) is 0 Å². The molecule has 228 valence electrons. The monoisotopic (exact) mass is 608 g/mol. The van der Waals surface area contributed by atoms with Gasteiger partial charge in [0.15, 0.2) is 0 Å². The van der Waals surface area contributed by atoms with Crippen molar-refractivity contribution in [3.8, 4) is 0 Å². The van der Waals surface area contributed by atoms with Crippen LogP contribution in [0.25, 0.3) is 0 Å². The molecule has 0 bridgehead atoms. The Labute approximate surface area is 251 Å². The van der Waals surface area contributed by atoms with Gasteiger partial charge in [0.05, 0.1) is 28.5 Å². The number of hydrogen-bond donors (Lipinski definition) is 0. The Kier molecular flexibility index (Phi) is 7.75. The molecular weight excluding hydrogens is 572 g/mol. The minimum atomic E-state index is -4.09. The van der Waals surface area contributed by atoms with E-state index < -0.39 is 50.8 Å². The third-order valence-electron chi connectivity index (χ3n) is 8.36. The van der Waals surface area contributed by atoms with E-state index >= 15 is 0 Å². The quantitative estimate of drug-likeness (QED) is 0.343. The van der Waals surface area contributed by atoms with Crippen LogP contribution in [0.15, 0.2) is 64.7 Å². The summed E-state index contributed by atoms with van der Waals surface area (Å²) in [5.41, 5.74) is -0.274. The molecule has 2 aromatic carbocycles. The van der Waals surface area contributed by atoms with Crippen molar-refractivity contribution in [1.29, 1.82) is 0 Å². The average Bonchev–Trinajstić information content (AvgIpc) is 3.48. The Balaban J connectivity index is 1.75. The summed E-state index contributed by atoms with van der Waals surface area (Å²) in [6.45, 7) is 8.68. The van der Waals surface area contributed by atoms with Crippen molar-refractivity contribution in [2.45, 2.75) is 69.8 Å². The van der Waals surface area contributed by atoms with Crippen molar-refractivity contribution in [2.24, 2.45) is 11.8 Å². The van der Waals surface area contributed by atoms with Gasteiger partial charge in [-0.05, 0) is 76.8 Å². The van der Waals surface area contributed by atoms with E-state index in [1.54, 1.807) is 64.1 Å². The second-order valence-electron chi connectivity index (χ2n) is 12.1. The SMILES string of the molecule is CCOC(=O)[C@H]1CC2=C([C@H](CC=O)[C@@]13C(=O)N(C(=O)OC(C)(C)C)c1ccccc13)N(S(=O)(=O)c1ccc(C)cc1)CC2. The second kappa shape index (κ2) is 10.9. The first-order valence-electron chi connectivity index (χ1n) is 14.4. The number of ether oxygens (including phenoxy) is 2. The van der Waals surface area contributed by atoms with Gasteiger partial charge in [-0.2, -0.15) is 0 Å². The number of para-hydroxylation sites is 1. The number of nitrogens with zero attached hydrogens (tertiary/aromatic N) is 2. The highest BCUT2D eigenvalue weighted by molar-refractivity contribution is 7.89. The lowest BCUT2D eigenvalue weighted by atomic mass is 9.56. The van der Waals surface area contributed by atoms with E-state index in [0.29, 0.717) is 29.5 Å². The zero-order valence-electron chi connectivity index (χ0n) is 25.0. The van der Waals surface area contributed by atoms with Gasteiger partial charge in [-0.3, -0.25) is 13.9 Å². The number of imide groups is 1. The van der Waals surface area contributed by atoms with E-state index in [1.165, 1.54) is 16.4 Å². The summed E-state index contributed by atoms with van der Waals surface area (Å²) >= 11 is 0. The minimum Gasteiger partial charge on any atom is -0.466 e. The average molecular weight is 609 g/mol. The van der Waals surface area contributed by atoms with Crippen LogP contribution in [0.5, 0.6) is 0 Å². The standard InChI is InChI=1S/C32H36N2O8S/c1-6-41-28(36)25-19-21-15-17-33(43(39,40)22-13-11-20(2)12-14-22)27(21)24(16-18-35)32(25)23-9-7-8-10-26(23)34(29(32)37)30(38)42-31(3,4)5/h7-14,18,24-25H,6,15-17,19H2,1-5H3/t24-,25+,32+/m0/s1. The molecular formula is C32H36N2O8S. The molecule has 0 radical (unpaired) electrons. The normalized spacial score (nSPS) is 23.3. The predicted molar refractivity (Wildman–Crippen MR) is 157 cm³/mol. The Morgan fingerprint density at radius 2 is 1.77 bits per heavy atom. The minimum absolute atomic E-state index is 0.0334. The van der Waals surface area contributed by atoms with Gasteiger partial charge >= 0.3 is 12.1 Å². The molecule has 2 amide bonds. The van der Waals surface area contributed by atoms with Crippen molar-refractivity contribution < 1.29 is 37.1 Å². The number of esters is 1. The first kappa shape index (κ1) is 30.5. The number of sulfonamides is 1. The van der Waals surface area contributed by atoms with Crippen LogP contribution < -0.4 is 4.90 Å². The molecule has 2 aromatic rings. The smallest absolute Gasteiger partial charge is 0.421 e. The van der Waals surface area contributed by atoms with E-state index in [1.807, 2.05) is 6.92 Å². The lowest BCUT2D eigenvalue weighted by molar-refractivity contribution is -0.155. The van der Waals surface area contributed by atoms with Crippen molar-refractivity contribution in [1.82, 2.24) is 4.31 Å². The number of amides is 2. The molecule has 1 spiro atoms. The first-order valence-corrected chi connectivity index (χ1v) is 15.8. The Morgan fingerprint density at radius 1 is 1.09 bits per heavy atom. The number of aryl methyl sites for hydroxylation is 1. The zero-order chi connectivity index (χ0) is 31.3. The van der Waals surface area contributed by atoms with E-state index in [4.69, 9.17) is 9.47 Å². The molecule has 43 heavy (non-hydrogen) atoms. The van der Waals surface area contributed by atoms with Crippen LogP contribution in [0.4, 0.5) is 10.5 Å². The van der Waals surface area contributed by atoms with Gasteiger partial charge in [0.1, 0.15) is 11.9 Å². The van der Waals surface area contributed by atoms with Crippen molar-refractivity contribution in [3.63, 3.8) is 0 Å². The highest BCUT2D eigenvalue weighted by atomic mass is 32.2. The predicted octanol–water partition coefficient (Wildman–Crippen LogP) is 4.65. The number of anilines is 1. The van der Waals surface area contributed by atoms with Gasteiger partial charge in [-0.15, -0.1) is 0 Å². The molecule has 11 heteroatoms. The highest BCUT2D eigenvalue weighted by Gasteiger charge is 2.67. The number of aldehydes is 1. The molecule has 0 unspecified atom stereocenters. The summed E-state index contributed by atoms with van der Waals surface area (Å²) in [6, 6.07) is 13.0. The molecule has 3 atom stereocenters. The zero-order valence-corrected chi connectivity index (χ0v) is 25.8. The maximum Gasteiger partial charge on any atom is 0.421 e. The van der Waals surface area contributed by atoms with E-state index in [0.717, 1.165) is 10.5 Å². The van der Waals surface area contributed by atoms with Gasteiger partial charge in [0.2, 0.25) is 5.91 Å². The molecule has 0 saturated heterocycles. The van der Waals surface area contributed by atoms with Gasteiger partial charge in [-0.25, -0.2) is 18.1 Å². The molecule has 0 aromatic heterocycles. The van der Waals surface area contributed by atoms with Crippen LogP contribution >= 0.6 is 0 Å². The molecule has 10 nitrogen and oxygen atoms in total. The summed E-state index contributed by atoms with van der Waals surface area (Å²) in [7, 11) is -4.09.